The van der Waals surface area contributed by atoms with Gasteiger partial charge in [0.2, 0.25) is 0 Å². The van der Waals surface area contributed by atoms with Gasteiger partial charge in [-0.2, -0.15) is 0 Å². The van der Waals surface area contributed by atoms with Crippen molar-refractivity contribution in [3.8, 4) is 0 Å². The fourth-order valence-corrected chi connectivity index (χ4v) is 3.86. The van der Waals surface area contributed by atoms with Crippen molar-refractivity contribution < 1.29 is 4.79 Å². The average Bonchev–Trinajstić information content (AvgIpc) is 3.04. The second kappa shape index (κ2) is 8.13. The summed E-state index contributed by atoms with van der Waals surface area (Å²) in [6, 6.07) is 15.9. The molecule has 1 aromatic carbocycles. The summed E-state index contributed by atoms with van der Waals surface area (Å²) in [6.45, 7) is 2.65. The Bertz CT molecular complexity index is 798. The highest BCUT2D eigenvalue weighted by molar-refractivity contribution is 7.98. The molecule has 0 unspecified atom stereocenters. The van der Waals surface area contributed by atoms with Crippen LogP contribution in [0.4, 0.5) is 0 Å². The molecule has 0 atom stereocenters. The molecule has 0 radical (unpaired) electrons. The summed E-state index contributed by atoms with van der Waals surface area (Å²) < 4.78 is 0. The van der Waals surface area contributed by atoms with E-state index in [1.165, 1.54) is 15.3 Å². The number of nitrogens with zero attached hydrogens (tertiary/aromatic N) is 1. The van der Waals surface area contributed by atoms with Gasteiger partial charge in [0.1, 0.15) is 0 Å². The van der Waals surface area contributed by atoms with Crippen LogP contribution in [-0.4, -0.2) is 10.9 Å². The molecule has 0 bridgehead atoms. The predicted octanol–water partition coefficient (Wildman–Crippen LogP) is 4.67. The minimum atomic E-state index is -0.0372. The second-order valence-corrected chi connectivity index (χ2v) is 7.79. The first-order valence-corrected chi connectivity index (χ1v) is 9.46. The number of carbonyl (C=O) groups excluding carboxylic acids is 1. The molecule has 0 aliphatic carbocycles. The van der Waals surface area contributed by atoms with Crippen molar-refractivity contribution >= 4 is 29.0 Å². The van der Waals surface area contributed by atoms with Gasteiger partial charge in [0.25, 0.3) is 5.91 Å². The van der Waals surface area contributed by atoms with Gasteiger partial charge in [-0.1, -0.05) is 6.07 Å². The molecule has 1 amide bonds. The minimum absolute atomic E-state index is 0.0372. The molecule has 2 aromatic heterocycles. The Labute approximate surface area is 150 Å². The molecule has 5 heteroatoms. The number of thiophene rings is 1. The topological polar surface area (TPSA) is 42.0 Å². The van der Waals surface area contributed by atoms with Gasteiger partial charge < -0.3 is 5.32 Å². The third-order valence-corrected chi connectivity index (χ3v) is 5.55. The molecule has 3 nitrogen and oxygen atoms in total. The molecule has 3 aromatic rings. The summed E-state index contributed by atoms with van der Waals surface area (Å²) in [5.74, 6) is 0.835. The predicted molar refractivity (Wildman–Crippen MR) is 100 cm³/mol. The molecular weight excluding hydrogens is 336 g/mol. The molecule has 122 valence electrons. The molecule has 2 heterocycles. The van der Waals surface area contributed by atoms with Gasteiger partial charge in [0, 0.05) is 38.4 Å². The maximum Gasteiger partial charge on any atom is 0.251 e. The van der Waals surface area contributed by atoms with E-state index in [9.17, 15) is 4.79 Å². The quantitative estimate of drug-likeness (QED) is 0.654. The third-order valence-electron chi connectivity index (χ3n) is 3.46. The van der Waals surface area contributed by atoms with Crippen molar-refractivity contribution in [1.82, 2.24) is 10.3 Å². The number of aryl methyl sites for hydroxylation is 1. The number of aromatic nitrogens is 1. The Morgan fingerprint density at radius 3 is 2.67 bits per heavy atom. The monoisotopic (exact) mass is 354 g/mol. The highest BCUT2D eigenvalue weighted by atomic mass is 32.2. The average molecular weight is 355 g/mol. The number of amides is 1. The fourth-order valence-electron chi connectivity index (χ4n) is 2.20. The molecule has 0 saturated heterocycles. The van der Waals surface area contributed by atoms with Crippen LogP contribution >= 0.6 is 23.1 Å². The van der Waals surface area contributed by atoms with Crippen molar-refractivity contribution in [2.45, 2.75) is 24.1 Å². The van der Waals surface area contributed by atoms with Crippen molar-refractivity contribution in [1.29, 1.82) is 0 Å². The largest absolute Gasteiger partial charge is 0.347 e. The number of pyridine rings is 1. The Balaban J connectivity index is 1.52. The number of hydrogen-bond donors (Lipinski definition) is 1. The van der Waals surface area contributed by atoms with Crippen molar-refractivity contribution in [2.24, 2.45) is 0 Å². The van der Waals surface area contributed by atoms with Gasteiger partial charge in [-0.15, -0.1) is 23.1 Å². The standard InChI is InChI=1S/C19H18N2OS2/c1-14-4-7-18(24-14)12-21-19(22)16-5-8-17(9-6-16)23-13-15-3-2-10-20-11-15/h2-11H,12-13H2,1H3,(H,21,22). The van der Waals surface area contributed by atoms with E-state index in [4.69, 9.17) is 0 Å². The first-order chi connectivity index (χ1) is 11.7. The number of thioether (sulfide) groups is 1. The molecule has 24 heavy (non-hydrogen) atoms. The molecule has 0 fully saturated rings. The van der Waals surface area contributed by atoms with Crippen molar-refractivity contribution in [3.05, 3.63) is 81.8 Å². The highest BCUT2D eigenvalue weighted by Gasteiger charge is 2.06. The summed E-state index contributed by atoms with van der Waals surface area (Å²) in [4.78, 5) is 19.9. The summed E-state index contributed by atoms with van der Waals surface area (Å²) in [7, 11) is 0. The van der Waals surface area contributed by atoms with Crippen LogP contribution in [0.15, 0.2) is 65.8 Å². The molecule has 0 aliphatic heterocycles. The normalized spacial score (nSPS) is 10.5. The van der Waals surface area contributed by atoms with Gasteiger partial charge >= 0.3 is 0 Å². The van der Waals surface area contributed by atoms with Gasteiger partial charge in [-0.25, -0.2) is 0 Å². The highest BCUT2D eigenvalue weighted by Crippen LogP contribution is 2.22. The Morgan fingerprint density at radius 2 is 2.00 bits per heavy atom. The van der Waals surface area contributed by atoms with Crippen LogP contribution < -0.4 is 5.32 Å². The molecule has 0 aliphatic rings. The maximum atomic E-state index is 12.2. The minimum Gasteiger partial charge on any atom is -0.347 e. The van der Waals surface area contributed by atoms with Crippen LogP contribution in [0.3, 0.4) is 0 Å². The SMILES string of the molecule is Cc1ccc(CNC(=O)c2ccc(SCc3cccnc3)cc2)s1. The van der Waals surface area contributed by atoms with E-state index in [2.05, 4.69) is 35.4 Å². The molecule has 0 spiro atoms. The van der Waals surface area contributed by atoms with Crippen LogP contribution in [0.25, 0.3) is 0 Å². The van der Waals surface area contributed by atoms with Crippen LogP contribution in [0.5, 0.6) is 0 Å². The van der Waals surface area contributed by atoms with E-state index >= 15 is 0 Å². The van der Waals surface area contributed by atoms with Crippen LogP contribution in [0, 0.1) is 6.92 Å². The molecule has 3 rings (SSSR count). The Morgan fingerprint density at radius 1 is 1.17 bits per heavy atom. The Hall–Kier alpha value is -2.11. The third kappa shape index (κ3) is 4.69. The van der Waals surface area contributed by atoms with E-state index in [-0.39, 0.29) is 5.91 Å². The zero-order valence-corrected chi connectivity index (χ0v) is 15.0. The number of rotatable bonds is 6. The summed E-state index contributed by atoms with van der Waals surface area (Å²) in [5.41, 5.74) is 1.88. The Kier molecular flexibility index (Phi) is 5.67. The number of benzene rings is 1. The lowest BCUT2D eigenvalue weighted by Crippen LogP contribution is -2.22. The van der Waals surface area contributed by atoms with E-state index < -0.39 is 0 Å². The molecule has 1 N–H and O–H groups in total. The van der Waals surface area contributed by atoms with Gasteiger partial charge in [0.05, 0.1) is 6.54 Å². The van der Waals surface area contributed by atoms with Gasteiger partial charge in [0.15, 0.2) is 0 Å². The first kappa shape index (κ1) is 16.7. The van der Waals surface area contributed by atoms with Gasteiger partial charge in [-0.05, 0) is 55.0 Å². The molecular formula is C19H18N2OS2. The van der Waals surface area contributed by atoms with Crippen LogP contribution in [0.1, 0.15) is 25.7 Å². The van der Waals surface area contributed by atoms with Gasteiger partial charge in [-0.3, -0.25) is 9.78 Å². The van der Waals surface area contributed by atoms with Crippen LogP contribution in [0.2, 0.25) is 0 Å². The molecule has 0 saturated carbocycles. The number of hydrogen-bond acceptors (Lipinski definition) is 4. The first-order valence-electron chi connectivity index (χ1n) is 7.66. The summed E-state index contributed by atoms with van der Waals surface area (Å²) in [5, 5.41) is 2.96. The number of carbonyl (C=O) groups is 1. The number of nitrogens with one attached hydrogen (secondary N) is 1. The lowest BCUT2D eigenvalue weighted by atomic mass is 10.2. The van der Waals surface area contributed by atoms with Crippen molar-refractivity contribution in [3.63, 3.8) is 0 Å². The van der Waals surface area contributed by atoms with Crippen LogP contribution in [-0.2, 0) is 12.3 Å². The second-order valence-electron chi connectivity index (χ2n) is 5.37. The smallest absolute Gasteiger partial charge is 0.251 e. The summed E-state index contributed by atoms with van der Waals surface area (Å²) >= 11 is 3.45. The van der Waals surface area contributed by atoms with Crippen molar-refractivity contribution in [2.75, 3.05) is 0 Å². The van der Waals surface area contributed by atoms with E-state index in [1.807, 2.05) is 36.5 Å². The fraction of sp³-hybridized carbons (Fsp3) is 0.158. The van der Waals surface area contributed by atoms with E-state index in [1.54, 1.807) is 29.3 Å². The summed E-state index contributed by atoms with van der Waals surface area (Å²) in [6.07, 6.45) is 3.65. The lowest BCUT2D eigenvalue weighted by Gasteiger charge is -2.05. The lowest BCUT2D eigenvalue weighted by molar-refractivity contribution is 0.0951. The van der Waals surface area contributed by atoms with E-state index in [0.29, 0.717) is 12.1 Å². The van der Waals surface area contributed by atoms with E-state index in [0.717, 1.165) is 10.6 Å². The maximum absolute atomic E-state index is 12.2. The zero-order valence-electron chi connectivity index (χ0n) is 13.4. The zero-order chi connectivity index (χ0) is 16.8.